The van der Waals surface area contributed by atoms with Crippen molar-refractivity contribution in [3.8, 4) is 5.75 Å². The first-order chi connectivity index (χ1) is 9.81. The Hall–Kier alpha value is -1.10. The van der Waals surface area contributed by atoms with Gasteiger partial charge in [0.05, 0.1) is 32.5 Å². The molecule has 0 amide bonds. The van der Waals surface area contributed by atoms with Crippen LogP contribution in [-0.2, 0) is 16.1 Å². The highest BCUT2D eigenvalue weighted by Gasteiger charge is 2.24. The van der Waals surface area contributed by atoms with Gasteiger partial charge in [0.2, 0.25) is 0 Å². The van der Waals surface area contributed by atoms with Crippen LogP contribution in [-0.4, -0.2) is 39.0 Å². The smallest absolute Gasteiger partial charge is 0.118 e. The van der Waals surface area contributed by atoms with Crippen LogP contribution in [0.3, 0.4) is 0 Å². The molecule has 1 aliphatic heterocycles. The second-order valence-electron chi connectivity index (χ2n) is 5.13. The third-order valence-electron chi connectivity index (χ3n) is 3.55. The van der Waals surface area contributed by atoms with Crippen LogP contribution in [0.2, 0.25) is 0 Å². The number of likely N-dealkylation sites (N-methyl/N-ethyl adjacent to an activating group) is 1. The van der Waals surface area contributed by atoms with Crippen LogP contribution in [0.5, 0.6) is 5.75 Å². The summed E-state index contributed by atoms with van der Waals surface area (Å²) in [6.07, 6.45) is 2.82. The summed E-state index contributed by atoms with van der Waals surface area (Å²) in [6.45, 7) is 5.37. The van der Waals surface area contributed by atoms with Crippen molar-refractivity contribution in [1.82, 2.24) is 5.32 Å². The fraction of sp³-hybridized carbons (Fsp3) is 0.625. The summed E-state index contributed by atoms with van der Waals surface area (Å²) in [4.78, 5) is 0. The number of ether oxygens (including phenoxy) is 3. The fourth-order valence-corrected chi connectivity index (χ4v) is 2.39. The topological polar surface area (TPSA) is 39.7 Å². The molecule has 1 saturated heterocycles. The summed E-state index contributed by atoms with van der Waals surface area (Å²) in [5.74, 6) is 0.874. The van der Waals surface area contributed by atoms with Crippen molar-refractivity contribution in [3.63, 3.8) is 0 Å². The number of methoxy groups -OCH3 is 1. The molecule has 112 valence electrons. The van der Waals surface area contributed by atoms with Gasteiger partial charge in [0.1, 0.15) is 5.75 Å². The van der Waals surface area contributed by atoms with Gasteiger partial charge in [-0.05, 0) is 37.1 Å². The quantitative estimate of drug-likeness (QED) is 0.793. The molecule has 4 heteroatoms. The van der Waals surface area contributed by atoms with Crippen LogP contribution in [0, 0.1) is 0 Å². The first-order valence-corrected chi connectivity index (χ1v) is 7.38. The standard InChI is InChI=1S/C16H25NO3/c1-3-17-10-15-8-9-16(20-15)12-19-11-13-4-6-14(18-2)7-5-13/h4-7,15-17H,3,8-12H2,1-2H3. The van der Waals surface area contributed by atoms with Crippen molar-refractivity contribution in [2.45, 2.75) is 38.6 Å². The molecular formula is C16H25NO3. The van der Waals surface area contributed by atoms with Crippen LogP contribution >= 0.6 is 0 Å². The fourth-order valence-electron chi connectivity index (χ4n) is 2.39. The van der Waals surface area contributed by atoms with E-state index in [4.69, 9.17) is 14.2 Å². The molecule has 2 unspecified atom stereocenters. The molecule has 1 N–H and O–H groups in total. The zero-order valence-corrected chi connectivity index (χ0v) is 12.4. The maximum atomic E-state index is 5.93. The second-order valence-corrected chi connectivity index (χ2v) is 5.13. The van der Waals surface area contributed by atoms with E-state index >= 15 is 0 Å². The number of nitrogens with one attached hydrogen (secondary N) is 1. The summed E-state index contributed by atoms with van der Waals surface area (Å²) in [7, 11) is 1.67. The molecule has 0 aromatic heterocycles. The van der Waals surface area contributed by atoms with Gasteiger partial charge in [0.25, 0.3) is 0 Å². The van der Waals surface area contributed by atoms with E-state index in [0.29, 0.717) is 19.3 Å². The number of hydrogen-bond donors (Lipinski definition) is 1. The monoisotopic (exact) mass is 279 g/mol. The Balaban J connectivity index is 1.63. The molecule has 1 aromatic rings. The first kappa shape index (κ1) is 15.3. The molecule has 2 rings (SSSR count). The molecule has 0 radical (unpaired) electrons. The maximum Gasteiger partial charge on any atom is 0.118 e. The Morgan fingerprint density at radius 3 is 2.65 bits per heavy atom. The normalized spacial score (nSPS) is 22.1. The number of hydrogen-bond acceptors (Lipinski definition) is 4. The highest BCUT2D eigenvalue weighted by molar-refractivity contribution is 5.26. The molecule has 2 atom stereocenters. The van der Waals surface area contributed by atoms with Gasteiger partial charge in [-0.1, -0.05) is 19.1 Å². The van der Waals surface area contributed by atoms with Gasteiger partial charge < -0.3 is 19.5 Å². The minimum Gasteiger partial charge on any atom is -0.497 e. The van der Waals surface area contributed by atoms with Crippen LogP contribution in [0.1, 0.15) is 25.3 Å². The van der Waals surface area contributed by atoms with E-state index in [-0.39, 0.29) is 6.10 Å². The number of rotatable bonds is 8. The van der Waals surface area contributed by atoms with Gasteiger partial charge >= 0.3 is 0 Å². The highest BCUT2D eigenvalue weighted by Crippen LogP contribution is 2.20. The van der Waals surface area contributed by atoms with Crippen LogP contribution < -0.4 is 10.1 Å². The van der Waals surface area contributed by atoms with Crippen molar-refractivity contribution >= 4 is 0 Å². The van der Waals surface area contributed by atoms with Gasteiger partial charge in [-0.3, -0.25) is 0 Å². The predicted molar refractivity (Wildman–Crippen MR) is 79.1 cm³/mol. The Morgan fingerprint density at radius 1 is 1.20 bits per heavy atom. The maximum absolute atomic E-state index is 5.93. The van der Waals surface area contributed by atoms with Crippen molar-refractivity contribution in [1.29, 1.82) is 0 Å². The molecule has 0 saturated carbocycles. The zero-order chi connectivity index (χ0) is 14.2. The Labute approximate surface area is 121 Å². The molecule has 0 spiro atoms. The first-order valence-electron chi connectivity index (χ1n) is 7.38. The van der Waals surface area contributed by atoms with E-state index in [2.05, 4.69) is 12.2 Å². The van der Waals surface area contributed by atoms with E-state index < -0.39 is 0 Å². The van der Waals surface area contributed by atoms with Crippen LogP contribution in [0.4, 0.5) is 0 Å². The Bertz CT molecular complexity index is 380. The molecule has 0 bridgehead atoms. The lowest BCUT2D eigenvalue weighted by atomic mass is 10.2. The van der Waals surface area contributed by atoms with E-state index in [0.717, 1.165) is 37.2 Å². The lowest BCUT2D eigenvalue weighted by Crippen LogP contribution is -2.27. The minimum atomic E-state index is 0.247. The van der Waals surface area contributed by atoms with Gasteiger partial charge in [-0.15, -0.1) is 0 Å². The molecule has 1 fully saturated rings. The Morgan fingerprint density at radius 2 is 1.95 bits per heavy atom. The highest BCUT2D eigenvalue weighted by atomic mass is 16.5. The van der Waals surface area contributed by atoms with Gasteiger partial charge in [-0.2, -0.15) is 0 Å². The molecule has 4 nitrogen and oxygen atoms in total. The van der Waals surface area contributed by atoms with E-state index in [1.165, 1.54) is 0 Å². The van der Waals surface area contributed by atoms with Crippen LogP contribution in [0.15, 0.2) is 24.3 Å². The largest absolute Gasteiger partial charge is 0.497 e. The minimum absolute atomic E-state index is 0.247. The van der Waals surface area contributed by atoms with E-state index in [1.807, 2.05) is 24.3 Å². The lowest BCUT2D eigenvalue weighted by molar-refractivity contribution is -0.0188. The molecular weight excluding hydrogens is 254 g/mol. The van der Waals surface area contributed by atoms with Crippen LogP contribution in [0.25, 0.3) is 0 Å². The van der Waals surface area contributed by atoms with Crippen molar-refractivity contribution < 1.29 is 14.2 Å². The summed E-state index contributed by atoms with van der Waals surface area (Å²) in [5.41, 5.74) is 1.16. The second kappa shape index (κ2) is 8.25. The van der Waals surface area contributed by atoms with Gasteiger partial charge in [0, 0.05) is 6.54 Å². The molecule has 1 heterocycles. The zero-order valence-electron chi connectivity index (χ0n) is 12.4. The predicted octanol–water partition coefficient (Wildman–Crippen LogP) is 2.37. The molecule has 1 aromatic carbocycles. The summed E-state index contributed by atoms with van der Waals surface area (Å²) in [5, 5.41) is 3.33. The Kier molecular flexibility index (Phi) is 6.30. The van der Waals surface area contributed by atoms with Crippen molar-refractivity contribution in [2.24, 2.45) is 0 Å². The average molecular weight is 279 g/mol. The average Bonchev–Trinajstić information content (AvgIpc) is 2.94. The SMILES string of the molecule is CCNCC1CCC(COCc2ccc(OC)cc2)O1. The lowest BCUT2D eigenvalue weighted by Gasteiger charge is -2.14. The molecule has 1 aliphatic rings. The van der Waals surface area contributed by atoms with E-state index in [9.17, 15) is 0 Å². The molecule has 20 heavy (non-hydrogen) atoms. The molecule has 0 aliphatic carbocycles. The van der Waals surface area contributed by atoms with Crippen molar-refractivity contribution in [2.75, 3.05) is 26.8 Å². The summed E-state index contributed by atoms with van der Waals surface area (Å²) >= 11 is 0. The number of benzene rings is 1. The van der Waals surface area contributed by atoms with E-state index in [1.54, 1.807) is 7.11 Å². The summed E-state index contributed by atoms with van der Waals surface area (Å²) < 4.78 is 16.8. The van der Waals surface area contributed by atoms with Crippen molar-refractivity contribution in [3.05, 3.63) is 29.8 Å². The third kappa shape index (κ3) is 4.78. The van der Waals surface area contributed by atoms with Gasteiger partial charge in [-0.25, -0.2) is 0 Å². The van der Waals surface area contributed by atoms with Gasteiger partial charge in [0.15, 0.2) is 0 Å². The summed E-state index contributed by atoms with van der Waals surface area (Å²) in [6, 6.07) is 7.97. The third-order valence-corrected chi connectivity index (χ3v) is 3.55.